The SMILES string of the molecule is CC(C)Cc1ccc([C@@H](C)NC(=O)CSc2nncn2C)cc1. The van der Waals surface area contributed by atoms with Crippen LogP contribution in [0.5, 0.6) is 0 Å². The molecule has 1 N–H and O–H groups in total. The Morgan fingerprint density at radius 3 is 2.52 bits per heavy atom. The molecule has 1 aromatic heterocycles. The first-order chi connectivity index (χ1) is 11.0. The van der Waals surface area contributed by atoms with Crippen LogP contribution in [-0.2, 0) is 18.3 Å². The molecule has 0 spiro atoms. The molecule has 0 fully saturated rings. The van der Waals surface area contributed by atoms with Gasteiger partial charge in [-0.05, 0) is 30.4 Å². The maximum absolute atomic E-state index is 12.1. The lowest BCUT2D eigenvalue weighted by atomic mass is 10.00. The molecule has 0 saturated carbocycles. The van der Waals surface area contributed by atoms with Crippen molar-refractivity contribution in [2.75, 3.05) is 5.75 Å². The summed E-state index contributed by atoms with van der Waals surface area (Å²) in [5.41, 5.74) is 2.45. The topological polar surface area (TPSA) is 59.8 Å². The van der Waals surface area contributed by atoms with Gasteiger partial charge in [0.2, 0.25) is 5.91 Å². The monoisotopic (exact) mass is 332 g/mol. The highest BCUT2D eigenvalue weighted by atomic mass is 32.2. The average Bonchev–Trinajstić information content (AvgIpc) is 2.90. The quantitative estimate of drug-likeness (QED) is 0.792. The van der Waals surface area contributed by atoms with Crippen LogP contribution >= 0.6 is 11.8 Å². The molecule has 124 valence electrons. The van der Waals surface area contributed by atoms with E-state index in [1.165, 1.54) is 17.3 Å². The number of amides is 1. The van der Waals surface area contributed by atoms with E-state index in [4.69, 9.17) is 0 Å². The van der Waals surface area contributed by atoms with Gasteiger partial charge in [-0.3, -0.25) is 4.79 Å². The van der Waals surface area contributed by atoms with Crippen molar-refractivity contribution in [3.8, 4) is 0 Å². The minimum Gasteiger partial charge on any atom is -0.349 e. The Kier molecular flexibility index (Phi) is 6.21. The van der Waals surface area contributed by atoms with E-state index < -0.39 is 0 Å². The van der Waals surface area contributed by atoms with Gasteiger partial charge in [-0.1, -0.05) is 49.9 Å². The van der Waals surface area contributed by atoms with E-state index in [1.54, 1.807) is 10.9 Å². The third-order valence-corrected chi connectivity index (χ3v) is 4.54. The van der Waals surface area contributed by atoms with Gasteiger partial charge in [-0.2, -0.15) is 0 Å². The Bertz CT molecular complexity index is 636. The van der Waals surface area contributed by atoms with E-state index >= 15 is 0 Å². The molecule has 0 aliphatic rings. The Morgan fingerprint density at radius 2 is 1.96 bits per heavy atom. The van der Waals surface area contributed by atoms with E-state index in [0.717, 1.165) is 17.1 Å². The zero-order valence-corrected chi connectivity index (χ0v) is 14.9. The molecule has 0 aliphatic heterocycles. The van der Waals surface area contributed by atoms with E-state index in [2.05, 4.69) is 53.6 Å². The molecule has 0 unspecified atom stereocenters. The lowest BCUT2D eigenvalue weighted by Crippen LogP contribution is -2.28. The molecule has 1 heterocycles. The molecule has 0 saturated heterocycles. The maximum Gasteiger partial charge on any atom is 0.230 e. The molecule has 2 rings (SSSR count). The van der Waals surface area contributed by atoms with Crippen LogP contribution in [-0.4, -0.2) is 26.4 Å². The Balaban J connectivity index is 1.84. The van der Waals surface area contributed by atoms with Crippen molar-refractivity contribution in [2.24, 2.45) is 13.0 Å². The Labute approximate surface area is 141 Å². The summed E-state index contributed by atoms with van der Waals surface area (Å²) >= 11 is 1.39. The molecule has 0 radical (unpaired) electrons. The average molecular weight is 332 g/mol. The fourth-order valence-corrected chi connectivity index (χ4v) is 3.01. The molecule has 6 heteroatoms. The highest BCUT2D eigenvalue weighted by Gasteiger charge is 2.11. The summed E-state index contributed by atoms with van der Waals surface area (Å²) in [7, 11) is 1.86. The van der Waals surface area contributed by atoms with Crippen molar-refractivity contribution >= 4 is 17.7 Å². The van der Waals surface area contributed by atoms with Crippen molar-refractivity contribution in [2.45, 2.75) is 38.4 Å². The number of benzene rings is 1. The zero-order chi connectivity index (χ0) is 16.8. The second-order valence-electron chi connectivity index (χ2n) is 6.14. The van der Waals surface area contributed by atoms with Gasteiger partial charge in [0, 0.05) is 7.05 Å². The molecule has 5 nitrogen and oxygen atoms in total. The first kappa shape index (κ1) is 17.5. The van der Waals surface area contributed by atoms with Gasteiger partial charge in [0.15, 0.2) is 5.16 Å². The van der Waals surface area contributed by atoms with Crippen LogP contribution in [0, 0.1) is 5.92 Å². The standard InChI is InChI=1S/C17H24N4OS/c1-12(2)9-14-5-7-15(8-6-14)13(3)19-16(22)10-23-17-20-18-11-21(17)4/h5-8,11-13H,9-10H2,1-4H3,(H,19,22)/t13-/m1/s1. The second-order valence-corrected chi connectivity index (χ2v) is 7.08. The second kappa shape index (κ2) is 8.15. The fourth-order valence-electron chi connectivity index (χ4n) is 2.31. The van der Waals surface area contributed by atoms with Gasteiger partial charge in [-0.25, -0.2) is 0 Å². The van der Waals surface area contributed by atoms with Gasteiger partial charge < -0.3 is 9.88 Å². The summed E-state index contributed by atoms with van der Waals surface area (Å²) in [6.45, 7) is 6.43. The predicted octanol–water partition coefficient (Wildman–Crippen LogP) is 2.98. The highest BCUT2D eigenvalue weighted by molar-refractivity contribution is 7.99. The van der Waals surface area contributed by atoms with Crippen LogP contribution in [0.1, 0.15) is 37.9 Å². The van der Waals surface area contributed by atoms with Gasteiger partial charge in [0.25, 0.3) is 0 Å². The van der Waals surface area contributed by atoms with E-state index in [9.17, 15) is 4.79 Å². The minimum atomic E-state index is -0.00398. The van der Waals surface area contributed by atoms with Gasteiger partial charge in [0.05, 0.1) is 11.8 Å². The Hall–Kier alpha value is -1.82. The summed E-state index contributed by atoms with van der Waals surface area (Å²) in [4.78, 5) is 12.1. The smallest absolute Gasteiger partial charge is 0.230 e. The number of aromatic nitrogens is 3. The first-order valence-electron chi connectivity index (χ1n) is 7.80. The summed E-state index contributed by atoms with van der Waals surface area (Å²) < 4.78 is 1.80. The summed E-state index contributed by atoms with van der Waals surface area (Å²) in [6.07, 6.45) is 2.71. The lowest BCUT2D eigenvalue weighted by molar-refractivity contribution is -0.119. The number of carbonyl (C=O) groups is 1. The number of nitrogens with one attached hydrogen (secondary N) is 1. The van der Waals surface area contributed by atoms with Crippen LogP contribution < -0.4 is 5.32 Å². The number of nitrogens with zero attached hydrogens (tertiary/aromatic N) is 3. The molecule has 2 aromatic rings. The lowest BCUT2D eigenvalue weighted by Gasteiger charge is -2.15. The summed E-state index contributed by atoms with van der Waals surface area (Å²) in [6, 6.07) is 8.48. The zero-order valence-electron chi connectivity index (χ0n) is 14.1. The van der Waals surface area contributed by atoms with Crippen LogP contribution in [0.3, 0.4) is 0 Å². The number of rotatable bonds is 7. The normalized spacial score (nSPS) is 12.4. The Morgan fingerprint density at radius 1 is 1.26 bits per heavy atom. The van der Waals surface area contributed by atoms with Crippen molar-refractivity contribution in [3.63, 3.8) is 0 Å². The molecule has 1 amide bonds. The van der Waals surface area contributed by atoms with Crippen molar-refractivity contribution in [1.29, 1.82) is 0 Å². The molecule has 0 aliphatic carbocycles. The third kappa shape index (κ3) is 5.39. The van der Waals surface area contributed by atoms with Crippen LogP contribution in [0.4, 0.5) is 0 Å². The van der Waals surface area contributed by atoms with E-state index in [0.29, 0.717) is 11.7 Å². The van der Waals surface area contributed by atoms with E-state index in [-0.39, 0.29) is 11.9 Å². The number of aryl methyl sites for hydroxylation is 1. The largest absolute Gasteiger partial charge is 0.349 e. The van der Waals surface area contributed by atoms with Crippen molar-refractivity contribution in [3.05, 3.63) is 41.7 Å². The van der Waals surface area contributed by atoms with Gasteiger partial charge in [-0.15, -0.1) is 10.2 Å². The highest BCUT2D eigenvalue weighted by Crippen LogP contribution is 2.17. The number of carbonyl (C=O) groups excluding carboxylic acids is 1. The number of hydrogen-bond donors (Lipinski definition) is 1. The van der Waals surface area contributed by atoms with Crippen LogP contribution in [0.25, 0.3) is 0 Å². The minimum absolute atomic E-state index is 0.00300. The van der Waals surface area contributed by atoms with Crippen molar-refractivity contribution < 1.29 is 4.79 Å². The predicted molar refractivity (Wildman–Crippen MR) is 93.3 cm³/mol. The van der Waals surface area contributed by atoms with Crippen LogP contribution in [0.2, 0.25) is 0 Å². The van der Waals surface area contributed by atoms with Crippen molar-refractivity contribution in [1.82, 2.24) is 20.1 Å². The summed E-state index contributed by atoms with van der Waals surface area (Å²) in [5.74, 6) is 0.981. The number of thioether (sulfide) groups is 1. The first-order valence-corrected chi connectivity index (χ1v) is 8.79. The fraction of sp³-hybridized carbons (Fsp3) is 0.471. The van der Waals surface area contributed by atoms with E-state index in [1.807, 2.05) is 14.0 Å². The van der Waals surface area contributed by atoms with Gasteiger partial charge >= 0.3 is 0 Å². The molecule has 1 atom stereocenters. The third-order valence-electron chi connectivity index (χ3n) is 3.50. The summed E-state index contributed by atoms with van der Waals surface area (Å²) in [5, 5.41) is 11.5. The van der Waals surface area contributed by atoms with Crippen LogP contribution in [0.15, 0.2) is 35.7 Å². The molecular weight excluding hydrogens is 308 g/mol. The molecule has 1 aromatic carbocycles. The molecule has 0 bridgehead atoms. The molecular formula is C17H24N4OS. The number of hydrogen-bond acceptors (Lipinski definition) is 4. The maximum atomic E-state index is 12.1. The van der Waals surface area contributed by atoms with Gasteiger partial charge in [0.1, 0.15) is 6.33 Å². The molecule has 23 heavy (non-hydrogen) atoms.